The van der Waals surface area contributed by atoms with Crippen LogP contribution in [0.3, 0.4) is 0 Å². The molecule has 5 atom stereocenters. The molecule has 24 heavy (non-hydrogen) atoms. The van der Waals surface area contributed by atoms with Crippen molar-refractivity contribution in [3.8, 4) is 0 Å². The molecule has 2 aliphatic rings. The van der Waals surface area contributed by atoms with E-state index in [2.05, 4.69) is 17.2 Å². The molecule has 4 N–H and O–H groups in total. The highest BCUT2D eigenvalue weighted by molar-refractivity contribution is 7.15. The van der Waals surface area contributed by atoms with Crippen molar-refractivity contribution in [3.63, 3.8) is 0 Å². The number of aromatic nitrogens is 1. The van der Waals surface area contributed by atoms with Crippen LogP contribution in [-0.2, 0) is 11.2 Å². The van der Waals surface area contributed by atoms with Gasteiger partial charge in [0.05, 0.1) is 24.8 Å². The number of nitrogens with one attached hydrogen (secondary N) is 1. The minimum atomic E-state index is -0.830. The number of thiazole rings is 1. The molecule has 1 heterocycles. The second-order valence-corrected chi connectivity index (χ2v) is 8.79. The summed E-state index contributed by atoms with van der Waals surface area (Å²) in [5.41, 5.74) is -0.0194. The van der Waals surface area contributed by atoms with E-state index in [4.69, 9.17) is 0 Å². The van der Waals surface area contributed by atoms with Gasteiger partial charge in [-0.1, -0.05) is 13.8 Å². The molecule has 0 radical (unpaired) electrons. The maximum atomic E-state index is 11.5. The molecule has 2 aliphatic carbocycles. The first-order valence-electron chi connectivity index (χ1n) is 8.44. The van der Waals surface area contributed by atoms with Gasteiger partial charge in [0.15, 0.2) is 5.13 Å². The number of fused-ring (bicyclic) bond motifs is 2. The fourth-order valence-electron chi connectivity index (χ4n) is 4.93. The fourth-order valence-corrected chi connectivity index (χ4v) is 5.95. The van der Waals surface area contributed by atoms with Gasteiger partial charge in [-0.05, 0) is 30.6 Å². The van der Waals surface area contributed by atoms with E-state index in [1.165, 1.54) is 0 Å². The maximum Gasteiger partial charge on any atom is 0.304 e. The van der Waals surface area contributed by atoms with Crippen LogP contribution in [0.2, 0.25) is 0 Å². The molecule has 1 saturated carbocycles. The molecule has 0 spiro atoms. The molecule has 0 aliphatic heterocycles. The third kappa shape index (κ3) is 2.45. The van der Waals surface area contributed by atoms with Crippen LogP contribution >= 0.6 is 11.3 Å². The minimum Gasteiger partial charge on any atom is -0.481 e. The Labute approximate surface area is 145 Å². The molecule has 134 valence electrons. The highest BCUT2D eigenvalue weighted by Gasteiger charge is 2.59. The largest absolute Gasteiger partial charge is 0.481 e. The number of hydrogen-bond donors (Lipinski definition) is 4. The minimum absolute atomic E-state index is 0.0285. The smallest absolute Gasteiger partial charge is 0.304 e. The van der Waals surface area contributed by atoms with Gasteiger partial charge >= 0.3 is 5.97 Å². The highest BCUT2D eigenvalue weighted by atomic mass is 32.1. The van der Waals surface area contributed by atoms with Gasteiger partial charge in [0.2, 0.25) is 0 Å². The second-order valence-electron chi connectivity index (χ2n) is 7.71. The van der Waals surface area contributed by atoms with Gasteiger partial charge in [-0.15, -0.1) is 11.3 Å². The summed E-state index contributed by atoms with van der Waals surface area (Å²) in [6, 6.07) is 0. The average molecular weight is 354 g/mol. The van der Waals surface area contributed by atoms with Crippen molar-refractivity contribution in [2.75, 3.05) is 19.0 Å². The molecular weight excluding hydrogens is 328 g/mol. The van der Waals surface area contributed by atoms with Crippen molar-refractivity contribution >= 4 is 22.4 Å². The normalized spacial score (nSPS) is 38.3. The summed E-state index contributed by atoms with van der Waals surface area (Å²) in [6.07, 6.45) is 1.53. The van der Waals surface area contributed by atoms with E-state index < -0.39 is 17.5 Å². The summed E-state index contributed by atoms with van der Waals surface area (Å²) in [5.74, 6) is -0.995. The van der Waals surface area contributed by atoms with Crippen LogP contribution in [0, 0.1) is 16.7 Å². The summed E-state index contributed by atoms with van der Waals surface area (Å²) in [7, 11) is 1.81. The van der Waals surface area contributed by atoms with E-state index in [0.29, 0.717) is 6.42 Å². The zero-order valence-electron chi connectivity index (χ0n) is 14.4. The molecule has 0 saturated heterocycles. The lowest BCUT2D eigenvalue weighted by Crippen LogP contribution is -2.57. The number of aliphatic carboxylic acids is 1. The van der Waals surface area contributed by atoms with Crippen LogP contribution in [0.1, 0.15) is 49.6 Å². The number of carbonyl (C=O) groups is 1. The van der Waals surface area contributed by atoms with Gasteiger partial charge in [-0.3, -0.25) is 4.79 Å². The van der Waals surface area contributed by atoms with Gasteiger partial charge in [-0.25, -0.2) is 4.98 Å². The van der Waals surface area contributed by atoms with Gasteiger partial charge in [-0.2, -0.15) is 0 Å². The summed E-state index contributed by atoms with van der Waals surface area (Å²) in [5, 5.41) is 33.9. The van der Waals surface area contributed by atoms with Crippen LogP contribution in [0.25, 0.3) is 0 Å². The van der Waals surface area contributed by atoms with Crippen LogP contribution in [-0.4, -0.2) is 46.0 Å². The van der Waals surface area contributed by atoms with Crippen LogP contribution in [0.4, 0.5) is 5.13 Å². The number of aliphatic hydroxyl groups is 2. The first-order valence-corrected chi connectivity index (χ1v) is 9.26. The molecular formula is C17H26N2O4S. The Kier molecular flexibility index (Phi) is 4.38. The molecule has 0 aromatic carbocycles. The maximum absolute atomic E-state index is 11.5. The third-order valence-electron chi connectivity index (χ3n) is 6.49. The zero-order chi connectivity index (χ0) is 17.7. The van der Waals surface area contributed by atoms with Crippen LogP contribution in [0.15, 0.2) is 0 Å². The predicted octanol–water partition coefficient (Wildman–Crippen LogP) is 2.07. The Balaban J connectivity index is 2.13. The highest BCUT2D eigenvalue weighted by Crippen LogP contribution is 2.62. The predicted molar refractivity (Wildman–Crippen MR) is 92.4 cm³/mol. The Bertz CT molecular complexity index is 649. The van der Waals surface area contributed by atoms with E-state index in [0.717, 1.165) is 28.5 Å². The van der Waals surface area contributed by atoms with Crippen LogP contribution < -0.4 is 5.32 Å². The van der Waals surface area contributed by atoms with Crippen molar-refractivity contribution < 1.29 is 20.1 Å². The van der Waals surface area contributed by atoms with Crippen molar-refractivity contribution in [1.82, 2.24) is 4.98 Å². The number of rotatable bonds is 4. The number of nitrogens with zero attached hydrogens (tertiary/aromatic N) is 1. The molecule has 0 bridgehead atoms. The monoisotopic (exact) mass is 354 g/mol. The van der Waals surface area contributed by atoms with Crippen molar-refractivity contribution in [2.45, 2.75) is 51.6 Å². The first kappa shape index (κ1) is 17.6. The lowest BCUT2D eigenvalue weighted by atomic mass is 9.47. The lowest BCUT2D eigenvalue weighted by Gasteiger charge is -2.58. The van der Waals surface area contributed by atoms with E-state index in [1.54, 1.807) is 11.3 Å². The van der Waals surface area contributed by atoms with E-state index in [-0.39, 0.29) is 30.3 Å². The molecule has 0 unspecified atom stereocenters. The molecule has 1 aromatic rings. The Morgan fingerprint density at radius 1 is 1.46 bits per heavy atom. The molecule has 1 fully saturated rings. The molecule has 6 nitrogen and oxygen atoms in total. The Morgan fingerprint density at radius 2 is 2.17 bits per heavy atom. The van der Waals surface area contributed by atoms with Gasteiger partial charge in [0.25, 0.3) is 0 Å². The summed E-state index contributed by atoms with van der Waals surface area (Å²) in [4.78, 5) is 17.3. The van der Waals surface area contributed by atoms with Crippen molar-refractivity contribution in [2.24, 2.45) is 16.7 Å². The number of carboxylic acid groups (broad SMARTS) is 1. The third-order valence-corrected chi connectivity index (χ3v) is 7.60. The average Bonchev–Trinajstić information content (AvgIpc) is 2.96. The topological polar surface area (TPSA) is 103 Å². The van der Waals surface area contributed by atoms with Gasteiger partial charge in [0, 0.05) is 23.3 Å². The molecule has 0 amide bonds. The fraction of sp³-hybridized carbons (Fsp3) is 0.765. The zero-order valence-corrected chi connectivity index (χ0v) is 15.2. The number of aliphatic hydroxyl groups excluding tert-OH is 2. The first-order chi connectivity index (χ1) is 11.3. The second kappa shape index (κ2) is 5.97. The molecule has 1 aromatic heterocycles. The standard InChI is InChI=1S/C17H26N2O4S/c1-16-5-4-12(21)17(2,8-20)11(16)7-10-14(9(16)6-13(22)23)19-15(18-3)24-10/h9,11-12,20-21H,4-8H2,1-3H3,(H,18,19)(H,22,23)/t9-,11+,12-,16+,17+/m1/s1. The molecule has 7 heteroatoms. The number of carboxylic acids is 1. The SMILES string of the molecule is CNc1nc2c(s1)C[C@@H]1[C@](C)(CO)[C@H](O)CC[C@@]1(C)[C@@H]2CC(=O)O. The summed E-state index contributed by atoms with van der Waals surface area (Å²) < 4.78 is 0. The van der Waals surface area contributed by atoms with E-state index >= 15 is 0 Å². The van der Waals surface area contributed by atoms with E-state index in [9.17, 15) is 20.1 Å². The van der Waals surface area contributed by atoms with Gasteiger partial charge < -0.3 is 20.6 Å². The van der Waals surface area contributed by atoms with Crippen molar-refractivity contribution in [3.05, 3.63) is 10.6 Å². The lowest BCUT2D eigenvalue weighted by molar-refractivity contribution is -0.150. The quantitative estimate of drug-likeness (QED) is 0.660. The number of anilines is 1. The Morgan fingerprint density at radius 3 is 2.75 bits per heavy atom. The number of hydrogen-bond acceptors (Lipinski definition) is 6. The van der Waals surface area contributed by atoms with Crippen molar-refractivity contribution in [1.29, 1.82) is 0 Å². The Hall–Kier alpha value is -1.18. The van der Waals surface area contributed by atoms with Crippen LogP contribution in [0.5, 0.6) is 0 Å². The van der Waals surface area contributed by atoms with Gasteiger partial charge in [0.1, 0.15) is 0 Å². The summed E-state index contributed by atoms with van der Waals surface area (Å²) in [6.45, 7) is 3.95. The van der Waals surface area contributed by atoms with E-state index in [1.807, 2.05) is 14.0 Å². The summed E-state index contributed by atoms with van der Waals surface area (Å²) >= 11 is 1.55. The molecule has 3 rings (SSSR count).